The first-order chi connectivity index (χ1) is 17.6. The lowest BCUT2D eigenvalue weighted by Gasteiger charge is -2.25. The van der Waals surface area contributed by atoms with E-state index in [4.69, 9.17) is 24.0 Å². The van der Waals surface area contributed by atoms with Crippen molar-refractivity contribution < 1.29 is 24.1 Å². The van der Waals surface area contributed by atoms with E-state index in [-0.39, 0.29) is 6.61 Å². The second kappa shape index (κ2) is 14.4. The van der Waals surface area contributed by atoms with Gasteiger partial charge in [-0.15, -0.1) is 6.58 Å². The third-order valence-corrected chi connectivity index (χ3v) is 5.62. The molecule has 0 amide bonds. The van der Waals surface area contributed by atoms with Gasteiger partial charge in [0.25, 0.3) is 0 Å². The van der Waals surface area contributed by atoms with Crippen molar-refractivity contribution >= 4 is 0 Å². The lowest BCUT2D eigenvalue weighted by Crippen LogP contribution is -2.36. The molecule has 0 aliphatic carbocycles. The molecule has 8 nitrogen and oxygen atoms in total. The fraction of sp³-hybridized carbons (Fsp3) is 0.393. The molecule has 36 heavy (non-hydrogen) atoms. The molecule has 1 N–H and O–H groups in total. The normalized spacial score (nSPS) is 12.0. The predicted molar refractivity (Wildman–Crippen MR) is 140 cm³/mol. The molecule has 0 saturated carbocycles. The van der Waals surface area contributed by atoms with Gasteiger partial charge in [0.2, 0.25) is 5.88 Å². The highest BCUT2D eigenvalue weighted by molar-refractivity contribution is 5.44. The van der Waals surface area contributed by atoms with Crippen LogP contribution in [0.15, 0.2) is 67.3 Å². The van der Waals surface area contributed by atoms with E-state index in [0.717, 1.165) is 23.4 Å². The van der Waals surface area contributed by atoms with Gasteiger partial charge in [-0.25, -0.2) is 4.68 Å². The fourth-order valence-corrected chi connectivity index (χ4v) is 3.86. The zero-order valence-corrected chi connectivity index (χ0v) is 21.4. The molecule has 0 fully saturated rings. The van der Waals surface area contributed by atoms with Crippen LogP contribution >= 0.6 is 0 Å². The number of rotatable bonds is 16. The van der Waals surface area contributed by atoms with Crippen LogP contribution in [0.4, 0.5) is 0 Å². The summed E-state index contributed by atoms with van der Waals surface area (Å²) in [6, 6.07) is 17.4. The van der Waals surface area contributed by atoms with Crippen molar-refractivity contribution in [1.29, 1.82) is 0 Å². The summed E-state index contributed by atoms with van der Waals surface area (Å²) >= 11 is 0. The third kappa shape index (κ3) is 7.66. The molecular weight excluding hydrogens is 458 g/mol. The Hall–Kier alpha value is -3.17. The molecule has 0 saturated heterocycles. The topological polar surface area (TPSA) is 78.2 Å². The Bertz CT molecular complexity index is 1070. The van der Waals surface area contributed by atoms with Gasteiger partial charge in [0.15, 0.2) is 0 Å². The molecule has 0 aliphatic rings. The highest BCUT2D eigenvalue weighted by atomic mass is 16.5. The van der Waals surface area contributed by atoms with Crippen LogP contribution in [0.1, 0.15) is 18.2 Å². The number of benzene rings is 2. The summed E-state index contributed by atoms with van der Waals surface area (Å²) in [5, 5.41) is 15.5. The first kappa shape index (κ1) is 27.4. The summed E-state index contributed by atoms with van der Waals surface area (Å²) in [4.78, 5) is 2.13. The SMILES string of the molecule is C=CCOC[C@@H](O)CN(CCOC)Cc1c(CC)nn(-c2ccccc2)c1Oc1cccc(OC)c1. The first-order valence-electron chi connectivity index (χ1n) is 12.2. The Morgan fingerprint density at radius 1 is 1.11 bits per heavy atom. The van der Waals surface area contributed by atoms with Gasteiger partial charge in [0.05, 0.1) is 50.0 Å². The zero-order chi connectivity index (χ0) is 25.8. The van der Waals surface area contributed by atoms with Gasteiger partial charge in [-0.05, 0) is 30.7 Å². The van der Waals surface area contributed by atoms with E-state index in [1.807, 2.05) is 59.3 Å². The molecule has 0 spiro atoms. The van der Waals surface area contributed by atoms with Crippen molar-refractivity contribution in [2.75, 3.05) is 47.1 Å². The largest absolute Gasteiger partial charge is 0.497 e. The van der Waals surface area contributed by atoms with E-state index in [9.17, 15) is 5.11 Å². The van der Waals surface area contributed by atoms with Gasteiger partial charge < -0.3 is 24.1 Å². The maximum atomic E-state index is 10.6. The molecule has 0 radical (unpaired) electrons. The molecule has 1 atom stereocenters. The molecule has 2 aromatic carbocycles. The molecule has 3 aromatic rings. The lowest BCUT2D eigenvalue weighted by atomic mass is 10.1. The van der Waals surface area contributed by atoms with Crippen molar-refractivity contribution in [3.63, 3.8) is 0 Å². The van der Waals surface area contributed by atoms with Crippen LogP contribution in [0.2, 0.25) is 0 Å². The molecule has 1 heterocycles. The predicted octanol–water partition coefficient (Wildman–Crippen LogP) is 4.25. The van der Waals surface area contributed by atoms with Crippen molar-refractivity contribution in [3.05, 3.63) is 78.5 Å². The summed E-state index contributed by atoms with van der Waals surface area (Å²) in [5.74, 6) is 1.99. The molecule has 8 heteroatoms. The molecule has 0 bridgehead atoms. The number of ether oxygens (including phenoxy) is 4. The third-order valence-electron chi connectivity index (χ3n) is 5.62. The van der Waals surface area contributed by atoms with E-state index in [2.05, 4.69) is 18.4 Å². The number of aliphatic hydroxyl groups excluding tert-OH is 1. The van der Waals surface area contributed by atoms with Gasteiger partial charge >= 0.3 is 0 Å². The minimum absolute atomic E-state index is 0.229. The molecular formula is C28H37N3O5. The quantitative estimate of drug-likeness (QED) is 0.235. The highest BCUT2D eigenvalue weighted by Gasteiger charge is 2.24. The monoisotopic (exact) mass is 495 g/mol. The van der Waals surface area contributed by atoms with Crippen molar-refractivity contribution in [3.8, 4) is 23.1 Å². The number of hydrogen-bond donors (Lipinski definition) is 1. The fourth-order valence-electron chi connectivity index (χ4n) is 3.86. The molecule has 194 valence electrons. The van der Waals surface area contributed by atoms with Gasteiger partial charge in [0, 0.05) is 32.8 Å². The Morgan fingerprint density at radius 2 is 1.89 bits per heavy atom. The summed E-state index contributed by atoms with van der Waals surface area (Å²) in [7, 11) is 3.30. The average Bonchev–Trinajstić information content (AvgIpc) is 3.24. The minimum Gasteiger partial charge on any atom is -0.497 e. The number of hydrogen-bond acceptors (Lipinski definition) is 7. The molecule has 0 unspecified atom stereocenters. The Morgan fingerprint density at radius 3 is 2.58 bits per heavy atom. The smallest absolute Gasteiger partial charge is 0.227 e. The van der Waals surface area contributed by atoms with Crippen LogP contribution < -0.4 is 9.47 Å². The molecule has 1 aromatic heterocycles. The van der Waals surface area contributed by atoms with Crippen LogP contribution in [-0.2, 0) is 22.4 Å². The van der Waals surface area contributed by atoms with E-state index in [0.29, 0.717) is 50.2 Å². The Kier molecular flexibility index (Phi) is 11.0. The summed E-state index contributed by atoms with van der Waals surface area (Å²) < 4.78 is 24.5. The van der Waals surface area contributed by atoms with Crippen molar-refractivity contribution in [2.45, 2.75) is 26.0 Å². The Balaban J connectivity index is 1.98. The number of nitrogens with zero attached hydrogens (tertiary/aromatic N) is 3. The lowest BCUT2D eigenvalue weighted by molar-refractivity contribution is 0.0192. The first-order valence-corrected chi connectivity index (χ1v) is 12.2. The maximum Gasteiger partial charge on any atom is 0.227 e. The number of methoxy groups -OCH3 is 2. The van der Waals surface area contributed by atoms with E-state index < -0.39 is 6.10 Å². The van der Waals surface area contributed by atoms with Crippen molar-refractivity contribution in [2.24, 2.45) is 0 Å². The van der Waals surface area contributed by atoms with E-state index >= 15 is 0 Å². The van der Waals surface area contributed by atoms with E-state index in [1.54, 1.807) is 20.3 Å². The van der Waals surface area contributed by atoms with Gasteiger partial charge in [-0.2, -0.15) is 5.10 Å². The highest BCUT2D eigenvalue weighted by Crippen LogP contribution is 2.33. The molecule has 0 aliphatic heterocycles. The zero-order valence-electron chi connectivity index (χ0n) is 21.4. The number of aryl methyl sites for hydroxylation is 1. The van der Waals surface area contributed by atoms with Crippen LogP contribution in [0.25, 0.3) is 5.69 Å². The van der Waals surface area contributed by atoms with Gasteiger partial charge in [-0.1, -0.05) is 37.3 Å². The van der Waals surface area contributed by atoms with Crippen molar-refractivity contribution in [1.82, 2.24) is 14.7 Å². The minimum atomic E-state index is -0.654. The van der Waals surface area contributed by atoms with Gasteiger partial charge in [-0.3, -0.25) is 4.90 Å². The number of aliphatic hydroxyl groups is 1. The standard InChI is InChI=1S/C28H37N3O5/c1-5-16-35-21-23(32)19-30(15-17-33-3)20-26-27(6-2)29-31(22-11-8-7-9-12-22)28(26)36-25-14-10-13-24(18-25)34-4/h5,7-14,18,23,32H,1,6,15-17,19-21H2,2-4H3/t23-/m0/s1. The second-order valence-corrected chi connectivity index (χ2v) is 8.32. The summed E-state index contributed by atoms with van der Waals surface area (Å²) in [5.41, 5.74) is 2.79. The van der Waals surface area contributed by atoms with E-state index in [1.165, 1.54) is 0 Å². The van der Waals surface area contributed by atoms with Crippen LogP contribution in [0.3, 0.4) is 0 Å². The number of aromatic nitrogens is 2. The summed E-state index contributed by atoms with van der Waals surface area (Å²) in [6.07, 6.45) is 1.74. The number of para-hydroxylation sites is 1. The van der Waals surface area contributed by atoms with Gasteiger partial charge in [0.1, 0.15) is 11.5 Å². The summed E-state index contributed by atoms with van der Waals surface area (Å²) in [6.45, 7) is 8.46. The van der Waals surface area contributed by atoms with Crippen LogP contribution in [0.5, 0.6) is 17.4 Å². The molecule has 3 rings (SSSR count). The second-order valence-electron chi connectivity index (χ2n) is 8.32. The van der Waals surface area contributed by atoms with Crippen LogP contribution in [0, 0.1) is 0 Å². The van der Waals surface area contributed by atoms with Crippen LogP contribution in [-0.4, -0.2) is 73.0 Å². The maximum absolute atomic E-state index is 10.6. The Labute approximate surface area is 213 Å². The average molecular weight is 496 g/mol.